The van der Waals surface area contributed by atoms with Gasteiger partial charge in [0.2, 0.25) is 0 Å². The van der Waals surface area contributed by atoms with Gasteiger partial charge in [0.05, 0.1) is 11.8 Å². The summed E-state index contributed by atoms with van der Waals surface area (Å²) in [6.45, 7) is 1.38. The molecule has 0 spiro atoms. The minimum Gasteiger partial charge on any atom is -0.381 e. The van der Waals surface area contributed by atoms with E-state index in [1.54, 1.807) is 31.4 Å². The van der Waals surface area contributed by atoms with Crippen molar-refractivity contribution >= 4 is 27.6 Å². The van der Waals surface area contributed by atoms with Crippen LogP contribution in [0.2, 0.25) is 0 Å². The summed E-state index contributed by atoms with van der Waals surface area (Å²) in [5, 5.41) is 2.87. The maximum Gasteiger partial charge on any atom is 0.321 e. The van der Waals surface area contributed by atoms with Crippen molar-refractivity contribution in [3.8, 4) is 0 Å². The van der Waals surface area contributed by atoms with Crippen molar-refractivity contribution in [1.82, 2.24) is 9.21 Å². The van der Waals surface area contributed by atoms with E-state index in [2.05, 4.69) is 10.0 Å². The summed E-state index contributed by atoms with van der Waals surface area (Å²) in [7, 11) is 1.06. The highest BCUT2D eigenvalue weighted by Crippen LogP contribution is 2.38. The van der Waals surface area contributed by atoms with Crippen LogP contribution in [0.4, 0.5) is 16.2 Å². The van der Waals surface area contributed by atoms with Crippen LogP contribution in [0.25, 0.3) is 0 Å². The molecule has 26 heavy (non-hydrogen) atoms. The van der Waals surface area contributed by atoms with Crippen molar-refractivity contribution in [3.63, 3.8) is 0 Å². The molecule has 9 heteroatoms. The van der Waals surface area contributed by atoms with E-state index in [0.717, 1.165) is 17.1 Å². The van der Waals surface area contributed by atoms with Gasteiger partial charge in [-0.2, -0.15) is 12.7 Å². The Balaban J connectivity index is 1.64. The summed E-state index contributed by atoms with van der Waals surface area (Å²) < 4.78 is 33.0. The Morgan fingerprint density at radius 3 is 2.38 bits per heavy atom. The van der Waals surface area contributed by atoms with E-state index < -0.39 is 10.2 Å². The monoisotopic (exact) mass is 382 g/mol. The molecule has 1 heterocycles. The number of carbonyl (C=O) groups is 1. The molecule has 144 valence electrons. The maximum absolute atomic E-state index is 12.6. The number of rotatable bonds is 5. The maximum atomic E-state index is 12.6. The Morgan fingerprint density at radius 2 is 1.81 bits per heavy atom. The van der Waals surface area contributed by atoms with Crippen LogP contribution in [-0.2, 0) is 14.9 Å². The Morgan fingerprint density at radius 1 is 1.19 bits per heavy atom. The summed E-state index contributed by atoms with van der Waals surface area (Å²) in [5.41, 5.74) is 0.949. The largest absolute Gasteiger partial charge is 0.381 e. The molecule has 3 rings (SSSR count). The van der Waals surface area contributed by atoms with E-state index in [0.29, 0.717) is 36.3 Å². The number of nitrogens with zero attached hydrogens (tertiary/aromatic N) is 2. The minimum absolute atomic E-state index is 0.163. The second kappa shape index (κ2) is 7.42. The number of urea groups is 1. The van der Waals surface area contributed by atoms with Crippen molar-refractivity contribution in [2.45, 2.75) is 18.9 Å². The number of anilines is 2. The van der Waals surface area contributed by atoms with Crippen LogP contribution in [0, 0.1) is 11.8 Å². The van der Waals surface area contributed by atoms with Crippen molar-refractivity contribution < 1.29 is 17.9 Å². The number of hydrogen-bond acceptors (Lipinski definition) is 4. The lowest BCUT2D eigenvalue weighted by molar-refractivity contribution is -0.00364. The number of ether oxygens (including phenoxy) is 1. The lowest BCUT2D eigenvalue weighted by atomic mass is 9.95. The smallest absolute Gasteiger partial charge is 0.321 e. The molecule has 2 N–H and O–H groups in total. The standard InChI is InChI=1S/C17H26N4O4S/c1-20(2)26(23,24)19-15-6-4-5-14(9-15)18-17(22)21-10-12-7-8-13(11-21)16(12)25-3/h4-6,9,12-13,16,19H,7-8,10-11H2,1-3H3,(H,18,22)/t12-,13+,16?. The summed E-state index contributed by atoms with van der Waals surface area (Å²) in [6, 6.07) is 6.52. The van der Waals surface area contributed by atoms with E-state index in [9.17, 15) is 13.2 Å². The summed E-state index contributed by atoms with van der Waals surface area (Å²) in [4.78, 5) is 14.4. The molecule has 2 aliphatic rings. The number of piperidine rings is 1. The molecule has 0 radical (unpaired) electrons. The van der Waals surface area contributed by atoms with Crippen molar-refractivity contribution in [2.24, 2.45) is 11.8 Å². The van der Waals surface area contributed by atoms with Gasteiger partial charge >= 0.3 is 16.2 Å². The quantitative estimate of drug-likeness (QED) is 0.812. The fourth-order valence-corrected chi connectivity index (χ4v) is 4.43. The van der Waals surface area contributed by atoms with E-state index in [4.69, 9.17) is 4.74 Å². The molecule has 2 amide bonds. The van der Waals surface area contributed by atoms with E-state index >= 15 is 0 Å². The molecule has 1 aliphatic heterocycles. The molecule has 1 saturated heterocycles. The van der Waals surface area contributed by atoms with E-state index in [1.165, 1.54) is 14.1 Å². The van der Waals surface area contributed by atoms with Gasteiger partial charge in [0.25, 0.3) is 0 Å². The average molecular weight is 382 g/mol. The lowest BCUT2D eigenvalue weighted by Crippen LogP contribution is -2.49. The summed E-state index contributed by atoms with van der Waals surface area (Å²) in [5.74, 6) is 0.783. The van der Waals surface area contributed by atoms with Crippen LogP contribution in [0.3, 0.4) is 0 Å². The number of fused-ring (bicyclic) bond motifs is 2. The third-order valence-electron chi connectivity index (χ3n) is 5.15. The predicted octanol–water partition coefficient (Wildman–Crippen LogP) is 1.79. The zero-order valence-corrected chi connectivity index (χ0v) is 16.1. The number of amides is 2. The summed E-state index contributed by atoms with van der Waals surface area (Å²) >= 11 is 0. The first-order valence-electron chi connectivity index (χ1n) is 8.69. The van der Waals surface area contributed by atoms with Crippen molar-refractivity contribution in [1.29, 1.82) is 0 Å². The van der Waals surface area contributed by atoms with Crippen LogP contribution >= 0.6 is 0 Å². The van der Waals surface area contributed by atoms with Crippen LogP contribution < -0.4 is 10.0 Å². The van der Waals surface area contributed by atoms with Gasteiger partial charge in [-0.3, -0.25) is 4.72 Å². The zero-order valence-electron chi connectivity index (χ0n) is 15.3. The highest BCUT2D eigenvalue weighted by Gasteiger charge is 2.43. The highest BCUT2D eigenvalue weighted by molar-refractivity contribution is 7.90. The second-order valence-corrected chi connectivity index (χ2v) is 8.99. The van der Waals surface area contributed by atoms with Gasteiger partial charge in [-0.25, -0.2) is 4.79 Å². The third kappa shape index (κ3) is 3.94. The van der Waals surface area contributed by atoms with Gasteiger partial charge in [0, 0.05) is 51.8 Å². The van der Waals surface area contributed by atoms with Gasteiger partial charge in [-0.15, -0.1) is 0 Å². The molecule has 8 nitrogen and oxygen atoms in total. The number of nitrogens with one attached hydrogen (secondary N) is 2. The Labute approximate surface area is 154 Å². The van der Waals surface area contributed by atoms with Crippen molar-refractivity contribution in [2.75, 3.05) is 44.3 Å². The van der Waals surface area contributed by atoms with Gasteiger partial charge in [0.15, 0.2) is 0 Å². The van der Waals surface area contributed by atoms with Crippen molar-refractivity contribution in [3.05, 3.63) is 24.3 Å². The lowest BCUT2D eigenvalue weighted by Gasteiger charge is -2.37. The molecule has 1 unspecified atom stereocenters. The molecule has 3 atom stereocenters. The normalized spacial score (nSPS) is 25.4. The zero-order chi connectivity index (χ0) is 18.9. The first-order chi connectivity index (χ1) is 12.3. The number of likely N-dealkylation sites (tertiary alicyclic amines) is 1. The van der Waals surface area contributed by atoms with E-state index in [-0.39, 0.29) is 12.1 Å². The van der Waals surface area contributed by atoms with Gasteiger partial charge in [0.1, 0.15) is 0 Å². The Bertz CT molecular complexity index is 754. The highest BCUT2D eigenvalue weighted by atomic mass is 32.2. The average Bonchev–Trinajstić information content (AvgIpc) is 2.82. The molecular weight excluding hydrogens is 356 g/mol. The number of methoxy groups -OCH3 is 1. The van der Waals surface area contributed by atoms with Crippen LogP contribution in [0.15, 0.2) is 24.3 Å². The molecule has 1 saturated carbocycles. The SMILES string of the molecule is COC1[C@@H]2CC[C@H]1CN(C(=O)Nc1cccc(NS(=O)(=O)N(C)C)c1)C2. The number of benzene rings is 1. The van der Waals surface area contributed by atoms with Gasteiger partial charge in [-0.1, -0.05) is 6.07 Å². The first-order valence-corrected chi connectivity index (χ1v) is 10.1. The molecule has 1 aliphatic carbocycles. The van der Waals surface area contributed by atoms with Crippen LogP contribution in [-0.4, -0.2) is 64.1 Å². The topological polar surface area (TPSA) is 91.0 Å². The fraction of sp³-hybridized carbons (Fsp3) is 0.588. The minimum atomic E-state index is -3.59. The molecule has 1 aromatic rings. The van der Waals surface area contributed by atoms with Crippen LogP contribution in [0.5, 0.6) is 0 Å². The molecular formula is C17H26N4O4S. The number of carbonyl (C=O) groups excluding carboxylic acids is 1. The number of hydrogen-bond donors (Lipinski definition) is 2. The Hall–Kier alpha value is -1.84. The van der Waals surface area contributed by atoms with E-state index in [1.807, 2.05) is 4.90 Å². The Kier molecular flexibility index (Phi) is 5.40. The summed E-state index contributed by atoms with van der Waals surface area (Å²) in [6.07, 6.45) is 2.44. The molecule has 2 fully saturated rings. The van der Waals surface area contributed by atoms with Gasteiger partial charge < -0.3 is 15.0 Å². The third-order valence-corrected chi connectivity index (χ3v) is 6.60. The predicted molar refractivity (Wildman–Crippen MR) is 100 cm³/mol. The van der Waals surface area contributed by atoms with Gasteiger partial charge in [-0.05, 0) is 31.0 Å². The second-order valence-electron chi connectivity index (χ2n) is 7.10. The molecule has 2 bridgehead atoms. The molecule has 1 aromatic carbocycles. The fourth-order valence-electron chi connectivity index (χ4n) is 3.83. The first kappa shape index (κ1) is 18.9. The van der Waals surface area contributed by atoms with Crippen LogP contribution in [0.1, 0.15) is 12.8 Å². The molecule has 0 aromatic heterocycles.